The first-order chi connectivity index (χ1) is 8.56. The van der Waals surface area contributed by atoms with Gasteiger partial charge in [0.15, 0.2) is 0 Å². The maximum absolute atomic E-state index is 10.0. The average Bonchev–Trinajstić information content (AvgIpc) is 2.28. The first kappa shape index (κ1) is 13.4. The minimum absolute atomic E-state index is 0.223. The lowest BCUT2D eigenvalue weighted by Gasteiger charge is -2.30. The van der Waals surface area contributed by atoms with Gasteiger partial charge >= 0.3 is 0 Å². The molecule has 0 heterocycles. The van der Waals surface area contributed by atoms with E-state index in [1.807, 2.05) is 19.1 Å². The van der Waals surface area contributed by atoms with Crippen LogP contribution in [0.1, 0.15) is 56.7 Å². The predicted octanol–water partition coefficient (Wildman–Crippen LogP) is 3.93. The van der Waals surface area contributed by atoms with Gasteiger partial charge < -0.3 is 10.4 Å². The minimum atomic E-state index is 0.223. The zero-order chi connectivity index (χ0) is 13.1. The van der Waals surface area contributed by atoms with Gasteiger partial charge in [0, 0.05) is 17.6 Å². The van der Waals surface area contributed by atoms with E-state index < -0.39 is 0 Å². The fourth-order valence-electron chi connectivity index (χ4n) is 3.05. The molecule has 100 valence electrons. The number of aromatic hydroxyl groups is 1. The standard InChI is InChI=1S/C16H25NO/c1-11-5-4-6-14(9-11)17-13(3)15-8-7-12(2)10-16(15)18/h7-8,10-11,13-14,17-18H,4-6,9H2,1-3H3. The maximum atomic E-state index is 10.0. The second-order valence-electron chi connectivity index (χ2n) is 5.92. The molecule has 1 aliphatic carbocycles. The molecule has 18 heavy (non-hydrogen) atoms. The zero-order valence-electron chi connectivity index (χ0n) is 11.7. The number of nitrogens with one attached hydrogen (secondary N) is 1. The highest BCUT2D eigenvalue weighted by atomic mass is 16.3. The number of phenolic OH excluding ortho intramolecular Hbond substituents is 1. The fraction of sp³-hybridized carbons (Fsp3) is 0.625. The third-order valence-electron chi connectivity index (χ3n) is 4.07. The van der Waals surface area contributed by atoms with Crippen molar-refractivity contribution in [2.24, 2.45) is 5.92 Å². The van der Waals surface area contributed by atoms with Gasteiger partial charge in [-0.1, -0.05) is 31.9 Å². The van der Waals surface area contributed by atoms with Crippen LogP contribution in [0.4, 0.5) is 0 Å². The van der Waals surface area contributed by atoms with E-state index in [2.05, 4.69) is 25.2 Å². The summed E-state index contributed by atoms with van der Waals surface area (Å²) < 4.78 is 0. The van der Waals surface area contributed by atoms with E-state index in [0.29, 0.717) is 11.8 Å². The molecule has 0 spiro atoms. The van der Waals surface area contributed by atoms with Gasteiger partial charge in [0.05, 0.1) is 0 Å². The van der Waals surface area contributed by atoms with Crippen LogP contribution in [0.15, 0.2) is 18.2 Å². The molecule has 3 atom stereocenters. The van der Waals surface area contributed by atoms with Crippen LogP contribution >= 0.6 is 0 Å². The molecule has 1 aliphatic rings. The lowest BCUT2D eigenvalue weighted by atomic mass is 9.86. The van der Waals surface area contributed by atoms with Crippen LogP contribution < -0.4 is 5.32 Å². The smallest absolute Gasteiger partial charge is 0.120 e. The average molecular weight is 247 g/mol. The third-order valence-corrected chi connectivity index (χ3v) is 4.07. The number of hydrogen-bond donors (Lipinski definition) is 2. The topological polar surface area (TPSA) is 32.3 Å². The Hall–Kier alpha value is -1.02. The van der Waals surface area contributed by atoms with Crippen molar-refractivity contribution >= 4 is 0 Å². The van der Waals surface area contributed by atoms with Crippen molar-refractivity contribution in [3.63, 3.8) is 0 Å². The van der Waals surface area contributed by atoms with Gasteiger partial charge in [0.1, 0.15) is 5.75 Å². The number of phenols is 1. The Balaban J connectivity index is 2.00. The molecule has 3 unspecified atom stereocenters. The van der Waals surface area contributed by atoms with Gasteiger partial charge in [-0.25, -0.2) is 0 Å². The monoisotopic (exact) mass is 247 g/mol. The van der Waals surface area contributed by atoms with Crippen LogP contribution in [-0.2, 0) is 0 Å². The van der Waals surface area contributed by atoms with Crippen molar-refractivity contribution < 1.29 is 5.11 Å². The largest absolute Gasteiger partial charge is 0.508 e. The summed E-state index contributed by atoms with van der Waals surface area (Å²) in [4.78, 5) is 0. The van der Waals surface area contributed by atoms with E-state index in [4.69, 9.17) is 0 Å². The molecule has 0 bridgehead atoms. The molecule has 1 aromatic carbocycles. The van der Waals surface area contributed by atoms with E-state index in [9.17, 15) is 5.11 Å². The number of benzene rings is 1. The Morgan fingerprint density at radius 1 is 1.33 bits per heavy atom. The van der Waals surface area contributed by atoms with Crippen molar-refractivity contribution in [3.05, 3.63) is 29.3 Å². The van der Waals surface area contributed by atoms with E-state index in [1.165, 1.54) is 25.7 Å². The normalized spacial score (nSPS) is 25.9. The van der Waals surface area contributed by atoms with E-state index in [-0.39, 0.29) is 6.04 Å². The van der Waals surface area contributed by atoms with Crippen LogP contribution in [0.5, 0.6) is 5.75 Å². The highest BCUT2D eigenvalue weighted by molar-refractivity contribution is 5.37. The van der Waals surface area contributed by atoms with Crippen molar-refractivity contribution in [2.45, 2.75) is 58.5 Å². The van der Waals surface area contributed by atoms with Crippen LogP contribution in [0.3, 0.4) is 0 Å². The molecule has 1 aromatic rings. The minimum Gasteiger partial charge on any atom is -0.508 e. The lowest BCUT2D eigenvalue weighted by molar-refractivity contribution is 0.284. The summed E-state index contributed by atoms with van der Waals surface area (Å²) in [6, 6.07) is 6.77. The molecule has 2 nitrogen and oxygen atoms in total. The van der Waals surface area contributed by atoms with Crippen LogP contribution in [-0.4, -0.2) is 11.1 Å². The second-order valence-corrected chi connectivity index (χ2v) is 5.92. The van der Waals surface area contributed by atoms with Crippen LogP contribution in [0, 0.1) is 12.8 Å². The SMILES string of the molecule is Cc1ccc(C(C)NC2CCCC(C)C2)c(O)c1. The molecule has 0 amide bonds. The molecule has 2 rings (SSSR count). The molecule has 0 aliphatic heterocycles. The number of aryl methyl sites for hydroxylation is 1. The predicted molar refractivity (Wildman–Crippen MR) is 75.8 cm³/mol. The summed E-state index contributed by atoms with van der Waals surface area (Å²) in [5.41, 5.74) is 2.12. The molecule has 1 fully saturated rings. The fourth-order valence-corrected chi connectivity index (χ4v) is 3.05. The Morgan fingerprint density at radius 3 is 2.78 bits per heavy atom. The highest BCUT2D eigenvalue weighted by Crippen LogP contribution is 2.29. The van der Waals surface area contributed by atoms with Crippen molar-refractivity contribution in [1.82, 2.24) is 5.32 Å². The first-order valence-corrected chi connectivity index (χ1v) is 7.12. The van der Waals surface area contributed by atoms with Crippen molar-refractivity contribution in [1.29, 1.82) is 0 Å². The van der Waals surface area contributed by atoms with Crippen molar-refractivity contribution in [2.75, 3.05) is 0 Å². The molecule has 2 heteroatoms. The quantitative estimate of drug-likeness (QED) is 0.848. The van der Waals surface area contributed by atoms with E-state index >= 15 is 0 Å². The maximum Gasteiger partial charge on any atom is 0.120 e. The summed E-state index contributed by atoms with van der Waals surface area (Å²) in [5, 5.41) is 13.7. The summed E-state index contributed by atoms with van der Waals surface area (Å²) in [6.07, 6.45) is 5.21. The Labute approximate surface area is 110 Å². The highest BCUT2D eigenvalue weighted by Gasteiger charge is 2.21. The van der Waals surface area contributed by atoms with Gasteiger partial charge in [-0.05, 0) is 44.2 Å². The van der Waals surface area contributed by atoms with E-state index in [1.54, 1.807) is 0 Å². The number of hydrogen-bond acceptors (Lipinski definition) is 2. The molecule has 2 N–H and O–H groups in total. The second kappa shape index (κ2) is 5.75. The Kier molecular flexibility index (Phi) is 4.28. The molecular formula is C16H25NO. The Bertz CT molecular complexity index is 402. The summed E-state index contributed by atoms with van der Waals surface area (Å²) in [6.45, 7) is 6.48. The van der Waals surface area contributed by atoms with Crippen molar-refractivity contribution in [3.8, 4) is 5.75 Å². The Morgan fingerprint density at radius 2 is 2.11 bits per heavy atom. The van der Waals surface area contributed by atoms with Gasteiger partial charge in [0.25, 0.3) is 0 Å². The third kappa shape index (κ3) is 3.26. The molecule has 0 radical (unpaired) electrons. The first-order valence-electron chi connectivity index (χ1n) is 7.12. The summed E-state index contributed by atoms with van der Waals surface area (Å²) in [7, 11) is 0. The van der Waals surface area contributed by atoms with Crippen LogP contribution in [0.2, 0.25) is 0 Å². The van der Waals surface area contributed by atoms with Gasteiger partial charge in [-0.3, -0.25) is 0 Å². The number of rotatable bonds is 3. The van der Waals surface area contributed by atoms with Gasteiger partial charge in [0.2, 0.25) is 0 Å². The zero-order valence-corrected chi connectivity index (χ0v) is 11.7. The van der Waals surface area contributed by atoms with Crippen LogP contribution in [0.25, 0.3) is 0 Å². The summed E-state index contributed by atoms with van der Waals surface area (Å²) >= 11 is 0. The molecule has 0 aromatic heterocycles. The lowest BCUT2D eigenvalue weighted by Crippen LogP contribution is -2.35. The molecular weight excluding hydrogens is 222 g/mol. The summed E-state index contributed by atoms with van der Waals surface area (Å²) in [5.74, 6) is 1.24. The van der Waals surface area contributed by atoms with E-state index in [0.717, 1.165) is 17.0 Å². The molecule has 0 saturated heterocycles. The van der Waals surface area contributed by atoms with Gasteiger partial charge in [-0.2, -0.15) is 0 Å². The molecule has 1 saturated carbocycles. The van der Waals surface area contributed by atoms with Gasteiger partial charge in [-0.15, -0.1) is 0 Å².